The number of ether oxygens (including phenoxy) is 2. The number of hydrogen-bond donors (Lipinski definition) is 2. The van der Waals surface area contributed by atoms with Gasteiger partial charge in [0.1, 0.15) is 6.61 Å². The Morgan fingerprint density at radius 3 is 2.61 bits per heavy atom. The van der Waals surface area contributed by atoms with E-state index < -0.39 is 12.0 Å². The first-order valence-corrected chi connectivity index (χ1v) is 12.1. The summed E-state index contributed by atoms with van der Waals surface area (Å²) in [6.07, 6.45) is 7.34. The molecule has 0 fully saturated rings. The third kappa shape index (κ3) is 8.12. The molecule has 0 radical (unpaired) electrons. The van der Waals surface area contributed by atoms with Crippen LogP contribution in [0.5, 0.6) is 0 Å². The molecule has 0 spiro atoms. The minimum atomic E-state index is -0.473. The first-order chi connectivity index (χ1) is 15.9. The Balaban J connectivity index is 2.09. The molecule has 0 aliphatic carbocycles. The van der Waals surface area contributed by atoms with Crippen molar-refractivity contribution < 1.29 is 19.1 Å². The average Bonchev–Trinajstić information content (AvgIpc) is 2.79. The lowest BCUT2D eigenvalue weighted by Gasteiger charge is -2.35. The van der Waals surface area contributed by atoms with E-state index >= 15 is 0 Å². The second kappa shape index (κ2) is 14.0. The molecule has 0 saturated heterocycles. The van der Waals surface area contributed by atoms with Crippen LogP contribution in [0.3, 0.4) is 0 Å². The quantitative estimate of drug-likeness (QED) is 0.243. The average molecular weight is 476 g/mol. The maximum atomic E-state index is 12.9. The van der Waals surface area contributed by atoms with Crippen LogP contribution >= 0.6 is 12.2 Å². The summed E-state index contributed by atoms with van der Waals surface area (Å²) in [6, 6.07) is 7.02. The van der Waals surface area contributed by atoms with E-state index in [2.05, 4.69) is 17.6 Å². The Bertz CT molecular complexity index is 856. The van der Waals surface area contributed by atoms with Crippen molar-refractivity contribution in [3.05, 3.63) is 41.1 Å². The molecular weight excluding hydrogens is 438 g/mol. The number of thiocarbonyl (C=S) groups is 1. The first-order valence-electron chi connectivity index (χ1n) is 11.7. The fourth-order valence-electron chi connectivity index (χ4n) is 3.73. The molecule has 1 aromatic rings. The maximum absolute atomic E-state index is 12.9. The van der Waals surface area contributed by atoms with E-state index in [9.17, 15) is 9.59 Å². The van der Waals surface area contributed by atoms with Crippen LogP contribution in [0.4, 0.5) is 5.69 Å². The number of carbonyl (C=O) groups is 2. The fourth-order valence-corrected chi connectivity index (χ4v) is 3.99. The van der Waals surface area contributed by atoms with Gasteiger partial charge in [-0.15, -0.1) is 0 Å². The third-order valence-electron chi connectivity index (χ3n) is 5.76. The van der Waals surface area contributed by atoms with E-state index in [4.69, 9.17) is 21.7 Å². The molecule has 0 saturated carbocycles. The van der Waals surface area contributed by atoms with Crippen molar-refractivity contribution >= 4 is 34.9 Å². The van der Waals surface area contributed by atoms with Crippen molar-refractivity contribution in [3.8, 4) is 0 Å². The molecule has 0 aromatic heterocycles. The molecule has 1 aliphatic rings. The van der Waals surface area contributed by atoms with E-state index in [1.54, 1.807) is 12.0 Å². The van der Waals surface area contributed by atoms with Crippen LogP contribution in [-0.2, 0) is 19.1 Å². The highest BCUT2D eigenvalue weighted by Crippen LogP contribution is 2.32. The Labute approximate surface area is 202 Å². The molecule has 2 rings (SSSR count). The van der Waals surface area contributed by atoms with Gasteiger partial charge in [0, 0.05) is 32.0 Å². The lowest BCUT2D eigenvalue weighted by atomic mass is 9.95. The number of rotatable bonds is 13. The summed E-state index contributed by atoms with van der Waals surface area (Å²) < 4.78 is 10.4. The molecule has 8 heteroatoms. The highest BCUT2D eigenvalue weighted by molar-refractivity contribution is 7.80. The van der Waals surface area contributed by atoms with E-state index in [1.165, 1.54) is 25.7 Å². The predicted molar refractivity (Wildman–Crippen MR) is 135 cm³/mol. The normalized spacial score (nSPS) is 15.9. The fraction of sp³-hybridized carbons (Fsp3) is 0.560. The summed E-state index contributed by atoms with van der Waals surface area (Å²) >= 11 is 5.46. The number of unbranched alkanes of at least 4 members (excludes halogenated alkanes) is 5. The lowest BCUT2D eigenvalue weighted by Crippen LogP contribution is -2.46. The maximum Gasteiger partial charge on any atom is 0.338 e. The van der Waals surface area contributed by atoms with Gasteiger partial charge >= 0.3 is 5.97 Å². The number of nitrogens with one attached hydrogen (secondary N) is 2. The molecular formula is C25H37N3O4S. The predicted octanol–water partition coefficient (Wildman–Crippen LogP) is 4.70. The molecule has 1 atom stereocenters. The smallest absolute Gasteiger partial charge is 0.338 e. The molecule has 1 aromatic carbocycles. The molecule has 0 bridgehead atoms. The standard InChI is InChI=1S/C25H37N3O4S/c1-5-6-7-8-9-10-14-21(29)26-20-13-11-12-19(17-20)23-22(24(30)32-16-15-31-4)18(2)28(3)25(33)27-23/h11-13,17,23H,5-10,14-16H2,1-4H3,(H,26,29)(H,27,33). The van der Waals surface area contributed by atoms with Crippen molar-refractivity contribution in [2.45, 2.75) is 64.8 Å². The van der Waals surface area contributed by atoms with E-state index in [0.29, 0.717) is 29.4 Å². The van der Waals surface area contributed by atoms with Crippen LogP contribution in [0.25, 0.3) is 0 Å². The second-order valence-corrected chi connectivity index (χ2v) is 8.65. The van der Waals surface area contributed by atoms with E-state index in [-0.39, 0.29) is 12.5 Å². The number of allylic oxidation sites excluding steroid dienone is 1. The van der Waals surface area contributed by atoms with Crippen molar-refractivity contribution in [1.82, 2.24) is 10.2 Å². The number of benzene rings is 1. The number of amides is 1. The van der Waals surface area contributed by atoms with Gasteiger partial charge in [0.2, 0.25) is 5.91 Å². The highest BCUT2D eigenvalue weighted by atomic mass is 32.1. The lowest BCUT2D eigenvalue weighted by molar-refractivity contribution is -0.140. The van der Waals surface area contributed by atoms with Gasteiger partial charge in [0.05, 0.1) is 18.2 Å². The molecule has 1 heterocycles. The minimum Gasteiger partial charge on any atom is -0.460 e. The largest absolute Gasteiger partial charge is 0.460 e. The zero-order valence-corrected chi connectivity index (χ0v) is 21.1. The van der Waals surface area contributed by atoms with Gasteiger partial charge in [-0.25, -0.2) is 4.79 Å². The molecule has 1 unspecified atom stereocenters. The summed E-state index contributed by atoms with van der Waals surface area (Å²) in [4.78, 5) is 27.0. The van der Waals surface area contributed by atoms with Gasteiger partial charge in [-0.2, -0.15) is 0 Å². The van der Waals surface area contributed by atoms with Crippen LogP contribution < -0.4 is 10.6 Å². The summed E-state index contributed by atoms with van der Waals surface area (Å²) in [5, 5.41) is 6.73. The number of hydrogen-bond acceptors (Lipinski definition) is 5. The minimum absolute atomic E-state index is 0.000389. The van der Waals surface area contributed by atoms with Gasteiger partial charge < -0.3 is 25.0 Å². The van der Waals surface area contributed by atoms with Gasteiger partial charge in [0.25, 0.3) is 0 Å². The summed E-state index contributed by atoms with van der Waals surface area (Å²) in [5.41, 5.74) is 2.72. The Morgan fingerprint density at radius 1 is 1.15 bits per heavy atom. The zero-order valence-electron chi connectivity index (χ0n) is 20.2. The Kier molecular flexibility index (Phi) is 11.3. The number of nitrogens with zero attached hydrogens (tertiary/aromatic N) is 1. The van der Waals surface area contributed by atoms with Crippen molar-refractivity contribution in [2.75, 3.05) is 32.7 Å². The Morgan fingerprint density at radius 2 is 1.88 bits per heavy atom. The number of carbonyl (C=O) groups excluding carboxylic acids is 2. The molecule has 1 aliphatic heterocycles. The molecule has 182 valence electrons. The van der Waals surface area contributed by atoms with Crippen LogP contribution in [0, 0.1) is 0 Å². The highest BCUT2D eigenvalue weighted by Gasteiger charge is 2.33. The molecule has 2 N–H and O–H groups in total. The van der Waals surface area contributed by atoms with Gasteiger partial charge in [-0.3, -0.25) is 4.79 Å². The van der Waals surface area contributed by atoms with Crippen molar-refractivity contribution in [2.24, 2.45) is 0 Å². The number of methoxy groups -OCH3 is 1. The summed E-state index contributed by atoms with van der Waals surface area (Å²) in [7, 11) is 3.37. The SMILES string of the molecule is CCCCCCCCC(=O)Nc1cccc(C2NC(=S)N(C)C(C)=C2C(=O)OCCOC)c1. The van der Waals surface area contributed by atoms with Gasteiger partial charge in [-0.1, -0.05) is 51.2 Å². The van der Waals surface area contributed by atoms with Crippen LogP contribution in [0.15, 0.2) is 35.5 Å². The first kappa shape index (κ1) is 26.8. The zero-order chi connectivity index (χ0) is 24.2. The van der Waals surface area contributed by atoms with Crippen molar-refractivity contribution in [3.63, 3.8) is 0 Å². The number of anilines is 1. The third-order valence-corrected chi connectivity index (χ3v) is 6.15. The molecule has 7 nitrogen and oxygen atoms in total. The van der Waals surface area contributed by atoms with Crippen LogP contribution in [-0.4, -0.2) is 49.3 Å². The van der Waals surface area contributed by atoms with Gasteiger partial charge in [0.15, 0.2) is 5.11 Å². The van der Waals surface area contributed by atoms with Gasteiger partial charge in [-0.05, 0) is 43.3 Å². The summed E-state index contributed by atoms with van der Waals surface area (Å²) in [5.74, 6) is -0.422. The summed E-state index contributed by atoms with van der Waals surface area (Å²) in [6.45, 7) is 4.53. The van der Waals surface area contributed by atoms with E-state index in [1.807, 2.05) is 38.2 Å². The number of esters is 1. The monoisotopic (exact) mass is 475 g/mol. The molecule has 1 amide bonds. The van der Waals surface area contributed by atoms with E-state index in [0.717, 1.165) is 24.1 Å². The topological polar surface area (TPSA) is 79.9 Å². The molecule has 33 heavy (non-hydrogen) atoms. The van der Waals surface area contributed by atoms with Crippen molar-refractivity contribution in [1.29, 1.82) is 0 Å². The van der Waals surface area contributed by atoms with Crippen LogP contribution in [0.2, 0.25) is 0 Å². The Hall–Kier alpha value is -2.45. The second-order valence-electron chi connectivity index (χ2n) is 8.26. The van der Waals surface area contributed by atoms with Crippen LogP contribution in [0.1, 0.15) is 70.4 Å².